The van der Waals surface area contributed by atoms with E-state index in [0.717, 1.165) is 25.2 Å². The number of aliphatic carboxylic acids is 1. The van der Waals surface area contributed by atoms with Crippen molar-refractivity contribution in [2.24, 2.45) is 5.92 Å². The number of fused-ring (bicyclic) bond motifs is 1. The fraction of sp³-hybridized carbons (Fsp3) is 0.650. The van der Waals surface area contributed by atoms with Crippen LogP contribution in [0.4, 0.5) is 0 Å². The van der Waals surface area contributed by atoms with Crippen LogP contribution >= 0.6 is 0 Å². The largest absolute Gasteiger partial charge is 0.481 e. The van der Waals surface area contributed by atoms with E-state index in [-0.39, 0.29) is 0 Å². The van der Waals surface area contributed by atoms with Gasteiger partial charge in [-0.3, -0.25) is 4.79 Å². The van der Waals surface area contributed by atoms with Gasteiger partial charge in [-0.15, -0.1) is 0 Å². The third-order valence-electron chi connectivity index (χ3n) is 4.89. The third-order valence-corrected chi connectivity index (χ3v) is 6.88. The molecule has 0 radical (unpaired) electrons. The molecule has 0 amide bonds. The van der Waals surface area contributed by atoms with E-state index in [4.69, 9.17) is 0 Å². The van der Waals surface area contributed by atoms with Crippen molar-refractivity contribution in [2.75, 3.05) is 32.7 Å². The number of carboxylic acid groups (broad SMARTS) is 1. The van der Waals surface area contributed by atoms with Gasteiger partial charge in [-0.2, -0.15) is 4.31 Å². The van der Waals surface area contributed by atoms with Gasteiger partial charge in [0, 0.05) is 26.2 Å². The Bertz CT molecular complexity index is 711. The first-order valence-electron chi connectivity index (χ1n) is 9.99. The zero-order chi connectivity index (χ0) is 20.6. The molecular weight excluding hydrogens is 364 g/mol. The number of carbonyl (C=O) groups is 1. The number of rotatable bonds is 4. The summed E-state index contributed by atoms with van der Waals surface area (Å²) in [6.45, 7) is 13.4. The van der Waals surface area contributed by atoms with E-state index >= 15 is 0 Å². The molecule has 1 aromatic rings. The Morgan fingerprint density at radius 1 is 1.07 bits per heavy atom. The third kappa shape index (κ3) is 5.30. The molecule has 154 valence electrons. The number of likely N-dealkylation sites (N-methyl/N-ethyl adjacent to an activating group) is 1. The van der Waals surface area contributed by atoms with Crippen LogP contribution in [0.1, 0.15) is 45.7 Å². The van der Waals surface area contributed by atoms with Gasteiger partial charge in [0.25, 0.3) is 0 Å². The highest BCUT2D eigenvalue weighted by Crippen LogP contribution is 2.33. The van der Waals surface area contributed by atoms with Crippen molar-refractivity contribution in [3.05, 3.63) is 29.3 Å². The average Bonchev–Trinajstić information content (AvgIpc) is 3.15. The highest BCUT2D eigenvalue weighted by atomic mass is 32.2. The van der Waals surface area contributed by atoms with Crippen LogP contribution in [0.25, 0.3) is 0 Å². The van der Waals surface area contributed by atoms with E-state index in [2.05, 4.69) is 11.8 Å². The molecule has 1 saturated heterocycles. The molecule has 3 rings (SSSR count). The molecule has 1 N–H and O–H groups in total. The molecule has 0 spiro atoms. The molecule has 1 unspecified atom stereocenters. The van der Waals surface area contributed by atoms with Crippen molar-refractivity contribution < 1.29 is 18.3 Å². The summed E-state index contributed by atoms with van der Waals surface area (Å²) in [7, 11) is -3.55. The Labute approximate surface area is 164 Å². The molecule has 27 heavy (non-hydrogen) atoms. The minimum Gasteiger partial charge on any atom is -0.481 e. The van der Waals surface area contributed by atoms with Gasteiger partial charge in [-0.25, -0.2) is 8.42 Å². The maximum Gasteiger partial charge on any atom is 0.307 e. The van der Waals surface area contributed by atoms with Crippen molar-refractivity contribution >= 4 is 16.0 Å². The van der Waals surface area contributed by atoms with Gasteiger partial charge in [0.2, 0.25) is 10.0 Å². The first-order chi connectivity index (χ1) is 12.9. The summed E-state index contributed by atoms with van der Waals surface area (Å²) < 4.78 is 27.5. The maximum absolute atomic E-state index is 13.0. The zero-order valence-corrected chi connectivity index (χ0v) is 18.1. The smallest absolute Gasteiger partial charge is 0.307 e. The fourth-order valence-corrected chi connectivity index (χ4v) is 5.16. The minimum absolute atomic E-state index is 0.295. The number of hydrogen-bond acceptors (Lipinski definition) is 4. The average molecular weight is 399 g/mol. The number of hydrogen-bond donors (Lipinski definition) is 1. The van der Waals surface area contributed by atoms with E-state index in [1.54, 1.807) is 12.1 Å². The Morgan fingerprint density at radius 3 is 2.19 bits per heavy atom. The molecule has 1 atom stereocenters. The van der Waals surface area contributed by atoms with Crippen molar-refractivity contribution in [1.29, 1.82) is 0 Å². The Balaban J connectivity index is 0.000000855. The van der Waals surface area contributed by atoms with Crippen LogP contribution in [-0.2, 0) is 27.7 Å². The lowest BCUT2D eigenvalue weighted by atomic mass is 10.1. The first kappa shape index (κ1) is 23.6. The van der Waals surface area contributed by atoms with E-state index in [1.807, 2.05) is 33.8 Å². The van der Waals surface area contributed by atoms with Gasteiger partial charge in [-0.05, 0) is 36.6 Å². The predicted molar refractivity (Wildman–Crippen MR) is 109 cm³/mol. The van der Waals surface area contributed by atoms with Crippen molar-refractivity contribution in [2.45, 2.75) is 52.4 Å². The molecule has 1 aliphatic carbocycles. The fourth-order valence-electron chi connectivity index (χ4n) is 3.46. The standard InChI is InChI=1S/C16H22N2O4S.2C2H6/c1-2-17-6-8-18(9-7-17)23(21,22)15-5-3-4-12-10-13(16(19)20)11-14(12)15;2*1-2/h3-5,13H,2,6-11H2,1H3,(H,19,20);2*1-2H3. The molecule has 0 aromatic heterocycles. The van der Waals surface area contributed by atoms with Crippen molar-refractivity contribution in [3.8, 4) is 0 Å². The summed E-state index contributed by atoms with van der Waals surface area (Å²) in [5, 5.41) is 9.22. The van der Waals surface area contributed by atoms with Gasteiger partial charge in [0.15, 0.2) is 0 Å². The molecule has 1 heterocycles. The summed E-state index contributed by atoms with van der Waals surface area (Å²) >= 11 is 0. The van der Waals surface area contributed by atoms with Gasteiger partial charge in [-0.1, -0.05) is 46.8 Å². The van der Waals surface area contributed by atoms with Crippen LogP contribution in [0.5, 0.6) is 0 Å². The maximum atomic E-state index is 13.0. The number of benzene rings is 1. The van der Waals surface area contributed by atoms with E-state index in [1.165, 1.54) is 4.31 Å². The zero-order valence-electron chi connectivity index (χ0n) is 17.2. The molecule has 0 bridgehead atoms. The second-order valence-corrected chi connectivity index (χ2v) is 8.08. The van der Waals surface area contributed by atoms with E-state index in [9.17, 15) is 18.3 Å². The SMILES string of the molecule is CC.CC.CCN1CCN(S(=O)(=O)c2cccc3c2CC(C(=O)O)C3)CC1. The van der Waals surface area contributed by atoms with Crippen LogP contribution in [0, 0.1) is 5.92 Å². The van der Waals surface area contributed by atoms with Crippen LogP contribution in [0.15, 0.2) is 23.1 Å². The van der Waals surface area contributed by atoms with Crippen molar-refractivity contribution in [3.63, 3.8) is 0 Å². The number of carboxylic acids is 1. The van der Waals surface area contributed by atoms with Crippen LogP contribution in [0.2, 0.25) is 0 Å². The Morgan fingerprint density at radius 2 is 1.67 bits per heavy atom. The minimum atomic E-state index is -3.55. The lowest BCUT2D eigenvalue weighted by molar-refractivity contribution is -0.141. The first-order valence-corrected chi connectivity index (χ1v) is 11.4. The summed E-state index contributed by atoms with van der Waals surface area (Å²) in [5.74, 6) is -1.38. The summed E-state index contributed by atoms with van der Waals surface area (Å²) in [6.07, 6.45) is 0.715. The van der Waals surface area contributed by atoms with Crippen LogP contribution in [-0.4, -0.2) is 61.4 Å². The lowest BCUT2D eigenvalue weighted by Crippen LogP contribution is -2.48. The van der Waals surface area contributed by atoms with Gasteiger partial charge >= 0.3 is 5.97 Å². The highest BCUT2D eigenvalue weighted by molar-refractivity contribution is 7.89. The summed E-state index contributed by atoms with van der Waals surface area (Å²) in [5.41, 5.74) is 1.54. The van der Waals surface area contributed by atoms with Gasteiger partial charge in [0.1, 0.15) is 0 Å². The van der Waals surface area contributed by atoms with Crippen molar-refractivity contribution in [1.82, 2.24) is 9.21 Å². The molecule has 2 aliphatic rings. The summed E-state index contributed by atoms with van der Waals surface area (Å²) in [4.78, 5) is 13.8. The van der Waals surface area contributed by atoms with E-state index < -0.39 is 21.9 Å². The Hall–Kier alpha value is -1.44. The molecule has 0 saturated carbocycles. The second-order valence-electron chi connectivity index (χ2n) is 6.18. The quantitative estimate of drug-likeness (QED) is 0.844. The predicted octanol–water partition coefficient (Wildman–Crippen LogP) is 2.86. The molecule has 7 heteroatoms. The molecule has 1 fully saturated rings. The highest BCUT2D eigenvalue weighted by Gasteiger charge is 2.35. The van der Waals surface area contributed by atoms with Gasteiger partial charge < -0.3 is 10.0 Å². The van der Waals surface area contributed by atoms with Gasteiger partial charge in [0.05, 0.1) is 10.8 Å². The second kappa shape index (κ2) is 10.8. The topological polar surface area (TPSA) is 77.9 Å². The molecule has 1 aromatic carbocycles. The van der Waals surface area contributed by atoms with Crippen LogP contribution < -0.4 is 0 Å². The Kier molecular flexibility index (Phi) is 9.42. The number of nitrogens with zero attached hydrogens (tertiary/aromatic N) is 2. The molecule has 6 nitrogen and oxygen atoms in total. The van der Waals surface area contributed by atoms with E-state index in [0.29, 0.717) is 36.4 Å². The molecule has 1 aliphatic heterocycles. The summed E-state index contributed by atoms with van der Waals surface area (Å²) in [6, 6.07) is 5.18. The molecular formula is C20H34N2O4S. The number of sulfonamides is 1. The number of piperazine rings is 1. The normalized spacial score (nSPS) is 20.0. The lowest BCUT2D eigenvalue weighted by Gasteiger charge is -2.33. The monoisotopic (exact) mass is 398 g/mol. The van der Waals surface area contributed by atoms with Crippen LogP contribution in [0.3, 0.4) is 0 Å².